The third kappa shape index (κ3) is 3.03. The molecule has 100 valence electrons. The van der Waals surface area contributed by atoms with Crippen molar-refractivity contribution in [1.82, 2.24) is 4.98 Å². The molecular formula is C15H17NO3. The number of aryl methyl sites for hydroxylation is 1. The number of benzene rings is 1. The van der Waals surface area contributed by atoms with E-state index in [1.807, 2.05) is 19.1 Å². The minimum atomic E-state index is -0.753. The van der Waals surface area contributed by atoms with Crippen molar-refractivity contribution < 1.29 is 14.6 Å². The van der Waals surface area contributed by atoms with Crippen LogP contribution in [0.1, 0.15) is 22.9 Å². The number of rotatable bonds is 4. The summed E-state index contributed by atoms with van der Waals surface area (Å²) in [5.41, 5.74) is 2.36. The quantitative estimate of drug-likeness (QED) is 0.916. The second kappa shape index (κ2) is 5.71. The van der Waals surface area contributed by atoms with Crippen LogP contribution in [0.15, 0.2) is 36.5 Å². The van der Waals surface area contributed by atoms with Crippen LogP contribution in [0.2, 0.25) is 0 Å². The highest BCUT2D eigenvalue weighted by molar-refractivity contribution is 5.41. The molecule has 1 atom stereocenters. The SMILES string of the molecule is COc1cc(OC)cc(C(O)c2ccc(C)nc2)c1. The fourth-order valence-corrected chi connectivity index (χ4v) is 1.82. The Morgan fingerprint density at radius 3 is 2.11 bits per heavy atom. The third-order valence-electron chi connectivity index (χ3n) is 2.94. The van der Waals surface area contributed by atoms with Crippen LogP contribution in [0, 0.1) is 6.92 Å². The minimum Gasteiger partial charge on any atom is -0.497 e. The van der Waals surface area contributed by atoms with Gasteiger partial charge in [-0.15, -0.1) is 0 Å². The summed E-state index contributed by atoms with van der Waals surface area (Å²) in [5.74, 6) is 1.29. The van der Waals surface area contributed by atoms with Crippen LogP contribution in [-0.4, -0.2) is 24.3 Å². The van der Waals surface area contributed by atoms with Crippen LogP contribution >= 0.6 is 0 Å². The van der Waals surface area contributed by atoms with E-state index in [1.165, 1.54) is 0 Å². The lowest BCUT2D eigenvalue weighted by Crippen LogP contribution is -2.02. The molecule has 1 heterocycles. The van der Waals surface area contributed by atoms with Gasteiger partial charge in [-0.2, -0.15) is 0 Å². The predicted octanol–water partition coefficient (Wildman–Crippen LogP) is 2.49. The van der Waals surface area contributed by atoms with Crippen molar-refractivity contribution >= 4 is 0 Å². The zero-order valence-corrected chi connectivity index (χ0v) is 11.3. The highest BCUT2D eigenvalue weighted by Crippen LogP contribution is 2.29. The van der Waals surface area contributed by atoms with Gasteiger partial charge in [-0.05, 0) is 30.7 Å². The van der Waals surface area contributed by atoms with Gasteiger partial charge in [0.1, 0.15) is 17.6 Å². The zero-order chi connectivity index (χ0) is 13.8. The Morgan fingerprint density at radius 2 is 1.63 bits per heavy atom. The molecular weight excluding hydrogens is 242 g/mol. The van der Waals surface area contributed by atoms with E-state index in [2.05, 4.69) is 4.98 Å². The summed E-state index contributed by atoms with van der Waals surface area (Å²) in [4.78, 5) is 4.19. The first-order valence-electron chi connectivity index (χ1n) is 5.97. The summed E-state index contributed by atoms with van der Waals surface area (Å²) >= 11 is 0. The predicted molar refractivity (Wildman–Crippen MR) is 72.6 cm³/mol. The minimum absolute atomic E-state index is 0.647. The van der Waals surface area contributed by atoms with Crippen molar-refractivity contribution in [2.24, 2.45) is 0 Å². The standard InChI is InChI=1S/C15H17NO3/c1-10-4-5-11(9-16-10)15(17)12-6-13(18-2)8-14(7-12)19-3/h4-9,15,17H,1-3H3. The molecule has 0 radical (unpaired) electrons. The monoisotopic (exact) mass is 259 g/mol. The van der Waals surface area contributed by atoms with Gasteiger partial charge in [-0.25, -0.2) is 0 Å². The second-order valence-corrected chi connectivity index (χ2v) is 4.28. The summed E-state index contributed by atoms with van der Waals surface area (Å²) in [6.45, 7) is 1.91. The molecule has 0 aliphatic carbocycles. The molecule has 0 amide bonds. The molecule has 0 saturated heterocycles. The maximum Gasteiger partial charge on any atom is 0.122 e. The van der Waals surface area contributed by atoms with E-state index in [1.54, 1.807) is 38.6 Å². The summed E-state index contributed by atoms with van der Waals surface area (Å²) in [7, 11) is 3.16. The molecule has 1 unspecified atom stereocenters. The average Bonchev–Trinajstić information content (AvgIpc) is 2.46. The summed E-state index contributed by atoms with van der Waals surface area (Å²) < 4.78 is 10.4. The fourth-order valence-electron chi connectivity index (χ4n) is 1.82. The van der Waals surface area contributed by atoms with E-state index in [-0.39, 0.29) is 0 Å². The summed E-state index contributed by atoms with van der Waals surface area (Å²) in [5, 5.41) is 10.4. The molecule has 2 rings (SSSR count). The number of aromatic nitrogens is 1. The maximum atomic E-state index is 10.4. The largest absolute Gasteiger partial charge is 0.497 e. The smallest absolute Gasteiger partial charge is 0.122 e. The molecule has 0 spiro atoms. The Balaban J connectivity index is 2.37. The van der Waals surface area contributed by atoms with Crippen LogP contribution in [0.4, 0.5) is 0 Å². The number of aliphatic hydroxyl groups is 1. The van der Waals surface area contributed by atoms with Crippen molar-refractivity contribution in [3.05, 3.63) is 53.3 Å². The van der Waals surface area contributed by atoms with Crippen LogP contribution in [0.3, 0.4) is 0 Å². The first kappa shape index (κ1) is 13.4. The van der Waals surface area contributed by atoms with Crippen molar-refractivity contribution in [1.29, 1.82) is 0 Å². The van der Waals surface area contributed by atoms with Gasteiger partial charge >= 0.3 is 0 Å². The number of nitrogens with zero attached hydrogens (tertiary/aromatic N) is 1. The summed E-state index contributed by atoms with van der Waals surface area (Å²) in [6.07, 6.45) is 0.920. The van der Waals surface area contributed by atoms with Gasteiger partial charge in [0.15, 0.2) is 0 Å². The molecule has 0 aliphatic rings. The van der Waals surface area contributed by atoms with Crippen LogP contribution in [0.5, 0.6) is 11.5 Å². The van der Waals surface area contributed by atoms with Gasteiger partial charge < -0.3 is 14.6 Å². The number of pyridine rings is 1. The number of ether oxygens (including phenoxy) is 2. The zero-order valence-electron chi connectivity index (χ0n) is 11.3. The molecule has 1 aromatic heterocycles. The number of hydrogen-bond donors (Lipinski definition) is 1. The van der Waals surface area contributed by atoms with Gasteiger partial charge in [0.2, 0.25) is 0 Å². The van der Waals surface area contributed by atoms with Gasteiger partial charge in [-0.1, -0.05) is 6.07 Å². The van der Waals surface area contributed by atoms with Crippen molar-refractivity contribution in [3.8, 4) is 11.5 Å². The van der Waals surface area contributed by atoms with E-state index in [0.29, 0.717) is 17.1 Å². The molecule has 0 fully saturated rings. The number of methoxy groups -OCH3 is 2. The molecule has 4 nitrogen and oxygen atoms in total. The molecule has 0 aliphatic heterocycles. The Labute approximate surface area is 112 Å². The highest BCUT2D eigenvalue weighted by atomic mass is 16.5. The third-order valence-corrected chi connectivity index (χ3v) is 2.94. The van der Waals surface area contributed by atoms with E-state index < -0.39 is 6.10 Å². The Hall–Kier alpha value is -2.07. The molecule has 0 saturated carbocycles. The molecule has 4 heteroatoms. The topological polar surface area (TPSA) is 51.6 Å². The normalized spacial score (nSPS) is 12.0. The first-order chi connectivity index (χ1) is 9.13. The van der Waals surface area contributed by atoms with Crippen LogP contribution < -0.4 is 9.47 Å². The molecule has 2 aromatic rings. The van der Waals surface area contributed by atoms with Gasteiger partial charge in [0.25, 0.3) is 0 Å². The first-order valence-corrected chi connectivity index (χ1v) is 5.97. The molecule has 1 aromatic carbocycles. The molecule has 1 N–H and O–H groups in total. The Kier molecular flexibility index (Phi) is 4.02. The molecule has 0 bridgehead atoms. The second-order valence-electron chi connectivity index (χ2n) is 4.28. The summed E-state index contributed by atoms with van der Waals surface area (Å²) in [6, 6.07) is 9.07. The fraction of sp³-hybridized carbons (Fsp3) is 0.267. The van der Waals surface area contributed by atoms with E-state index in [0.717, 1.165) is 11.3 Å². The van der Waals surface area contributed by atoms with Gasteiger partial charge in [-0.3, -0.25) is 4.98 Å². The number of hydrogen-bond acceptors (Lipinski definition) is 4. The average molecular weight is 259 g/mol. The highest BCUT2D eigenvalue weighted by Gasteiger charge is 2.13. The van der Waals surface area contributed by atoms with Crippen molar-refractivity contribution in [2.75, 3.05) is 14.2 Å². The van der Waals surface area contributed by atoms with Gasteiger partial charge in [0.05, 0.1) is 14.2 Å². The van der Waals surface area contributed by atoms with Gasteiger partial charge in [0, 0.05) is 23.5 Å². The number of aliphatic hydroxyl groups excluding tert-OH is 1. The van der Waals surface area contributed by atoms with E-state index in [9.17, 15) is 5.11 Å². The van der Waals surface area contributed by atoms with E-state index in [4.69, 9.17) is 9.47 Å². The Bertz CT molecular complexity index is 530. The molecule has 19 heavy (non-hydrogen) atoms. The lowest BCUT2D eigenvalue weighted by atomic mass is 10.0. The Morgan fingerprint density at radius 1 is 1.00 bits per heavy atom. The van der Waals surface area contributed by atoms with Crippen LogP contribution in [0.25, 0.3) is 0 Å². The van der Waals surface area contributed by atoms with Crippen LogP contribution in [-0.2, 0) is 0 Å². The van der Waals surface area contributed by atoms with Crippen molar-refractivity contribution in [2.45, 2.75) is 13.0 Å². The maximum absolute atomic E-state index is 10.4. The van der Waals surface area contributed by atoms with Crippen molar-refractivity contribution in [3.63, 3.8) is 0 Å². The lowest BCUT2D eigenvalue weighted by Gasteiger charge is -2.14. The van der Waals surface area contributed by atoms with E-state index >= 15 is 0 Å². The lowest BCUT2D eigenvalue weighted by molar-refractivity contribution is 0.218.